The van der Waals surface area contributed by atoms with E-state index in [9.17, 15) is 14.7 Å². The minimum atomic E-state index is -0.919. The molecule has 0 radical (unpaired) electrons. The summed E-state index contributed by atoms with van der Waals surface area (Å²) in [7, 11) is 0. The van der Waals surface area contributed by atoms with Crippen LogP contribution in [0.5, 0.6) is 17.2 Å². The van der Waals surface area contributed by atoms with Crippen LogP contribution in [0.1, 0.15) is 48.9 Å². The van der Waals surface area contributed by atoms with E-state index in [-0.39, 0.29) is 17.8 Å². The van der Waals surface area contributed by atoms with Crippen molar-refractivity contribution in [2.75, 3.05) is 25.0 Å². The lowest BCUT2D eigenvalue weighted by atomic mass is 9.76. The molecule has 1 heterocycles. The highest BCUT2D eigenvalue weighted by Gasteiger charge is 2.32. The Hall–Kier alpha value is -3.84. The van der Waals surface area contributed by atoms with Gasteiger partial charge in [-0.1, -0.05) is 37.3 Å². The second-order valence-corrected chi connectivity index (χ2v) is 10.2. The summed E-state index contributed by atoms with van der Waals surface area (Å²) in [6.07, 6.45) is 2.23. The lowest BCUT2D eigenvalue weighted by Crippen LogP contribution is -2.43. The Bertz CT molecular complexity index is 1280. The molecule has 1 fully saturated rings. The first-order valence-electron chi connectivity index (χ1n) is 13.1. The topological polar surface area (TPSA) is 88.1 Å². The van der Waals surface area contributed by atoms with Crippen molar-refractivity contribution in [2.45, 2.75) is 52.5 Å². The van der Waals surface area contributed by atoms with Gasteiger partial charge in [0.2, 0.25) is 0 Å². The van der Waals surface area contributed by atoms with Crippen LogP contribution >= 0.6 is 0 Å². The molecule has 0 aliphatic carbocycles. The van der Waals surface area contributed by atoms with E-state index >= 15 is 0 Å². The van der Waals surface area contributed by atoms with Crippen LogP contribution in [-0.2, 0) is 26.3 Å². The number of aryl methyl sites for hydroxylation is 2. The molecule has 38 heavy (non-hydrogen) atoms. The van der Waals surface area contributed by atoms with Gasteiger partial charge in [-0.2, -0.15) is 0 Å². The predicted octanol–water partition coefficient (Wildman–Crippen LogP) is 5.86. The number of phenols is 1. The zero-order valence-corrected chi connectivity index (χ0v) is 22.5. The zero-order chi connectivity index (χ0) is 27.3. The van der Waals surface area contributed by atoms with Crippen molar-refractivity contribution in [2.24, 2.45) is 0 Å². The maximum Gasteiger partial charge on any atom is 0.397 e. The van der Waals surface area contributed by atoms with Crippen LogP contribution in [0.15, 0.2) is 60.7 Å². The SMILES string of the molecule is CCOC(=O)C(=O)Nc1cc(C)c(Oc2ccc(O)c(CN3CCCC(C)(c4ccccc4)C3)c2)c(C)c1. The third-order valence-corrected chi connectivity index (χ3v) is 7.09. The van der Waals surface area contributed by atoms with Crippen molar-refractivity contribution in [3.8, 4) is 17.2 Å². The van der Waals surface area contributed by atoms with Gasteiger partial charge in [0.1, 0.15) is 17.2 Å². The normalized spacial score (nSPS) is 17.6. The highest BCUT2D eigenvalue weighted by molar-refractivity contribution is 6.37. The van der Waals surface area contributed by atoms with E-state index < -0.39 is 11.9 Å². The summed E-state index contributed by atoms with van der Waals surface area (Å²) in [4.78, 5) is 26.1. The van der Waals surface area contributed by atoms with Crippen molar-refractivity contribution in [3.05, 3.63) is 82.9 Å². The summed E-state index contributed by atoms with van der Waals surface area (Å²) in [5.74, 6) is -0.212. The average Bonchev–Trinajstić information content (AvgIpc) is 2.89. The maximum atomic E-state index is 12.0. The van der Waals surface area contributed by atoms with E-state index in [0.29, 0.717) is 23.7 Å². The summed E-state index contributed by atoms with van der Waals surface area (Å²) in [6, 6.07) is 19.4. The highest BCUT2D eigenvalue weighted by Crippen LogP contribution is 2.37. The number of likely N-dealkylation sites (tertiary alicyclic amines) is 1. The van der Waals surface area contributed by atoms with E-state index in [0.717, 1.165) is 42.6 Å². The second-order valence-electron chi connectivity index (χ2n) is 10.2. The molecule has 2 N–H and O–H groups in total. The summed E-state index contributed by atoms with van der Waals surface area (Å²) >= 11 is 0. The first kappa shape index (κ1) is 27.2. The van der Waals surface area contributed by atoms with Crippen LogP contribution in [0.3, 0.4) is 0 Å². The molecule has 3 aromatic rings. The number of nitrogens with zero attached hydrogens (tertiary/aromatic N) is 1. The lowest BCUT2D eigenvalue weighted by molar-refractivity contribution is -0.152. The fraction of sp³-hybridized carbons (Fsp3) is 0.355. The molecule has 7 nitrogen and oxygen atoms in total. The molecule has 0 spiro atoms. The number of hydrogen-bond donors (Lipinski definition) is 2. The number of carbonyl (C=O) groups is 2. The predicted molar refractivity (Wildman–Crippen MR) is 148 cm³/mol. The van der Waals surface area contributed by atoms with Crippen LogP contribution in [0.2, 0.25) is 0 Å². The van der Waals surface area contributed by atoms with Gasteiger partial charge < -0.3 is 19.9 Å². The standard InChI is InChI=1S/C31H36N2O5/c1-5-37-30(36)29(35)32-25-16-21(2)28(22(3)17-25)38-26-12-13-27(34)23(18-26)19-33-15-9-14-31(4,20-33)24-10-7-6-8-11-24/h6-8,10-13,16-18,34H,5,9,14-15,19-20H2,1-4H3,(H,32,35). The van der Waals surface area contributed by atoms with Gasteiger partial charge >= 0.3 is 11.9 Å². The fourth-order valence-corrected chi connectivity index (χ4v) is 5.23. The number of piperidine rings is 1. The van der Waals surface area contributed by atoms with Crippen molar-refractivity contribution in [1.82, 2.24) is 4.90 Å². The minimum Gasteiger partial charge on any atom is -0.508 e. The number of carbonyl (C=O) groups excluding carboxylic acids is 2. The molecule has 1 saturated heterocycles. The molecule has 1 aliphatic heterocycles. The van der Waals surface area contributed by atoms with Crippen LogP contribution in [0.4, 0.5) is 5.69 Å². The largest absolute Gasteiger partial charge is 0.508 e. The monoisotopic (exact) mass is 516 g/mol. The molecule has 1 amide bonds. The number of nitrogens with one attached hydrogen (secondary N) is 1. The Kier molecular flexibility index (Phi) is 8.37. The summed E-state index contributed by atoms with van der Waals surface area (Å²) < 4.78 is 11.0. The van der Waals surface area contributed by atoms with Crippen molar-refractivity contribution >= 4 is 17.6 Å². The van der Waals surface area contributed by atoms with Gasteiger partial charge in [0.05, 0.1) is 6.61 Å². The van der Waals surface area contributed by atoms with E-state index in [1.807, 2.05) is 26.0 Å². The Balaban J connectivity index is 1.48. The van der Waals surface area contributed by atoms with Gasteiger partial charge in [0.25, 0.3) is 0 Å². The summed E-state index contributed by atoms with van der Waals surface area (Å²) in [6.45, 7) is 10.4. The van der Waals surface area contributed by atoms with Gasteiger partial charge in [0.15, 0.2) is 0 Å². The molecule has 3 aromatic carbocycles. The van der Waals surface area contributed by atoms with Crippen LogP contribution in [0, 0.1) is 13.8 Å². The zero-order valence-electron chi connectivity index (χ0n) is 22.5. The quantitative estimate of drug-likeness (QED) is 0.302. The fourth-order valence-electron chi connectivity index (χ4n) is 5.23. The molecule has 7 heteroatoms. The number of phenolic OH excluding ortho intramolecular Hbond substituents is 1. The number of ether oxygens (including phenoxy) is 2. The van der Waals surface area contributed by atoms with Gasteiger partial charge in [-0.15, -0.1) is 0 Å². The lowest BCUT2D eigenvalue weighted by Gasteiger charge is -2.41. The van der Waals surface area contributed by atoms with Crippen LogP contribution in [0.25, 0.3) is 0 Å². The number of benzene rings is 3. The smallest absolute Gasteiger partial charge is 0.397 e. The van der Waals surface area contributed by atoms with Crippen molar-refractivity contribution < 1.29 is 24.2 Å². The Morgan fingerprint density at radius 1 is 1.05 bits per heavy atom. The Morgan fingerprint density at radius 3 is 2.45 bits per heavy atom. The number of anilines is 1. The van der Waals surface area contributed by atoms with E-state index in [4.69, 9.17) is 9.47 Å². The number of esters is 1. The Morgan fingerprint density at radius 2 is 1.76 bits per heavy atom. The van der Waals surface area contributed by atoms with Gasteiger partial charge in [-0.05, 0) is 87.2 Å². The molecule has 4 rings (SSSR count). The molecule has 1 atom stereocenters. The molecule has 1 aliphatic rings. The van der Waals surface area contributed by atoms with Crippen LogP contribution < -0.4 is 10.1 Å². The molecule has 200 valence electrons. The van der Waals surface area contributed by atoms with Crippen molar-refractivity contribution in [1.29, 1.82) is 0 Å². The minimum absolute atomic E-state index is 0.0713. The third kappa shape index (κ3) is 6.34. The third-order valence-electron chi connectivity index (χ3n) is 7.09. The molecule has 0 bridgehead atoms. The molecular formula is C31H36N2O5. The number of rotatable bonds is 7. The van der Waals surface area contributed by atoms with E-state index in [2.05, 4.69) is 41.4 Å². The molecule has 0 aromatic heterocycles. The second kappa shape index (κ2) is 11.7. The number of hydrogen-bond acceptors (Lipinski definition) is 6. The van der Waals surface area contributed by atoms with Gasteiger partial charge in [0, 0.05) is 29.8 Å². The van der Waals surface area contributed by atoms with E-state index in [1.165, 1.54) is 5.56 Å². The maximum absolute atomic E-state index is 12.0. The first-order valence-corrected chi connectivity index (χ1v) is 13.1. The first-order chi connectivity index (χ1) is 18.2. The highest BCUT2D eigenvalue weighted by atomic mass is 16.5. The summed E-state index contributed by atoms with van der Waals surface area (Å²) in [5.41, 5.74) is 4.32. The molecular weight excluding hydrogens is 480 g/mol. The van der Waals surface area contributed by atoms with Crippen LogP contribution in [-0.4, -0.2) is 41.6 Å². The van der Waals surface area contributed by atoms with Gasteiger partial charge in [-0.3, -0.25) is 9.69 Å². The van der Waals surface area contributed by atoms with E-state index in [1.54, 1.807) is 31.2 Å². The average molecular weight is 517 g/mol. The number of amides is 1. The molecule has 1 unspecified atom stereocenters. The van der Waals surface area contributed by atoms with Gasteiger partial charge in [-0.25, -0.2) is 4.79 Å². The molecule has 0 saturated carbocycles. The Labute approximate surface area is 224 Å². The number of aromatic hydroxyl groups is 1. The van der Waals surface area contributed by atoms with Crippen molar-refractivity contribution in [3.63, 3.8) is 0 Å². The summed E-state index contributed by atoms with van der Waals surface area (Å²) in [5, 5.41) is 13.2.